The molecule has 2 aromatic rings. The van der Waals surface area contributed by atoms with Crippen molar-refractivity contribution in [3.05, 3.63) is 71.8 Å². The summed E-state index contributed by atoms with van der Waals surface area (Å²) in [5.41, 5.74) is 1.71. The molecule has 0 N–H and O–H groups in total. The van der Waals surface area contributed by atoms with Gasteiger partial charge < -0.3 is 19.1 Å². The Morgan fingerprint density at radius 1 is 0.806 bits per heavy atom. The topological polar surface area (TPSA) is 99.2 Å². The minimum absolute atomic E-state index is 0.146. The predicted octanol–water partition coefficient (Wildman–Crippen LogP) is 3.88. The number of nitrogens with zero attached hydrogens (tertiary/aromatic N) is 1. The van der Waals surface area contributed by atoms with Gasteiger partial charge in [-0.3, -0.25) is 19.2 Å². The van der Waals surface area contributed by atoms with Gasteiger partial charge in [-0.05, 0) is 30.9 Å². The highest BCUT2D eigenvalue weighted by Gasteiger charge is 2.34. The fourth-order valence-electron chi connectivity index (χ4n) is 4.04. The summed E-state index contributed by atoms with van der Waals surface area (Å²) in [5, 5.41) is 0. The molecule has 0 aliphatic rings. The molecule has 0 heterocycles. The van der Waals surface area contributed by atoms with E-state index >= 15 is 0 Å². The molecule has 0 spiro atoms. The first-order valence-electron chi connectivity index (χ1n) is 11.9. The summed E-state index contributed by atoms with van der Waals surface area (Å²) in [6.45, 7) is 5.55. The van der Waals surface area contributed by atoms with Gasteiger partial charge in [-0.2, -0.15) is 0 Å². The first kappa shape index (κ1) is 28.6. The molecule has 8 heteroatoms. The molecular formula is C28H35NO7. The van der Waals surface area contributed by atoms with Crippen molar-refractivity contribution >= 4 is 23.8 Å². The van der Waals surface area contributed by atoms with E-state index in [0.29, 0.717) is 6.42 Å². The third-order valence-electron chi connectivity index (χ3n) is 5.84. The van der Waals surface area contributed by atoms with Crippen molar-refractivity contribution in [1.82, 2.24) is 4.90 Å². The van der Waals surface area contributed by atoms with Crippen LogP contribution in [0.1, 0.15) is 51.3 Å². The molecule has 0 bridgehead atoms. The molecule has 194 valence electrons. The molecule has 4 atom stereocenters. The van der Waals surface area contributed by atoms with Crippen LogP contribution in [0.2, 0.25) is 0 Å². The number of carbonyl (C=O) groups excluding carboxylic acids is 4. The zero-order chi connectivity index (χ0) is 26.7. The molecule has 0 saturated carbocycles. The zero-order valence-corrected chi connectivity index (χ0v) is 21.5. The van der Waals surface area contributed by atoms with E-state index in [2.05, 4.69) is 0 Å². The molecule has 0 aromatic heterocycles. The lowest BCUT2D eigenvalue weighted by Crippen LogP contribution is -2.45. The van der Waals surface area contributed by atoms with E-state index in [1.807, 2.05) is 67.6 Å². The Bertz CT molecular complexity index is 1010. The molecule has 8 nitrogen and oxygen atoms in total. The lowest BCUT2D eigenvalue weighted by atomic mass is 9.91. The van der Waals surface area contributed by atoms with Crippen LogP contribution in [0.3, 0.4) is 0 Å². The highest BCUT2D eigenvalue weighted by molar-refractivity contribution is 5.79. The largest absolute Gasteiger partial charge is 0.462 e. The Balaban J connectivity index is 2.32. The minimum atomic E-state index is -0.786. The van der Waals surface area contributed by atoms with Crippen LogP contribution in [0.5, 0.6) is 0 Å². The van der Waals surface area contributed by atoms with Crippen LogP contribution in [0.4, 0.5) is 0 Å². The lowest BCUT2D eigenvalue weighted by molar-refractivity contribution is -0.159. The van der Waals surface area contributed by atoms with Gasteiger partial charge in [0.25, 0.3) is 0 Å². The molecule has 0 unspecified atom stereocenters. The normalized spacial score (nSPS) is 14.0. The van der Waals surface area contributed by atoms with Crippen LogP contribution < -0.4 is 0 Å². The van der Waals surface area contributed by atoms with E-state index in [0.717, 1.165) is 11.1 Å². The van der Waals surface area contributed by atoms with E-state index in [1.54, 1.807) is 11.9 Å². The summed E-state index contributed by atoms with van der Waals surface area (Å²) in [4.78, 5) is 50.3. The molecule has 2 rings (SSSR count). The number of benzene rings is 2. The Morgan fingerprint density at radius 2 is 1.36 bits per heavy atom. The summed E-state index contributed by atoms with van der Waals surface area (Å²) < 4.78 is 16.1. The second-order valence-corrected chi connectivity index (χ2v) is 8.79. The molecule has 0 radical (unpaired) electrons. The molecule has 0 fully saturated rings. The summed E-state index contributed by atoms with van der Waals surface area (Å²) >= 11 is 0. The fourth-order valence-corrected chi connectivity index (χ4v) is 4.04. The van der Waals surface area contributed by atoms with E-state index in [9.17, 15) is 19.2 Å². The molecule has 1 amide bonds. The minimum Gasteiger partial charge on any atom is -0.462 e. The van der Waals surface area contributed by atoms with Crippen molar-refractivity contribution < 1.29 is 33.4 Å². The zero-order valence-electron chi connectivity index (χ0n) is 21.5. The number of ether oxygens (including phenoxy) is 3. The van der Waals surface area contributed by atoms with Gasteiger partial charge >= 0.3 is 17.9 Å². The van der Waals surface area contributed by atoms with Crippen LogP contribution in [-0.2, 0) is 39.8 Å². The number of carbonyl (C=O) groups is 4. The SMILES string of the molecule is CC(=O)OC[C@@H](C[C@H](Cc1ccccc1)C(=O)N(C)[C@@H](C)[C@@H](OC(C)=O)c1ccccc1)OC(C)=O. The van der Waals surface area contributed by atoms with Crippen LogP contribution in [-0.4, -0.2) is 54.5 Å². The highest BCUT2D eigenvalue weighted by Crippen LogP contribution is 2.27. The molecule has 36 heavy (non-hydrogen) atoms. The number of likely N-dealkylation sites (N-methyl/N-ethyl adjacent to an activating group) is 1. The van der Waals surface area contributed by atoms with E-state index in [1.165, 1.54) is 20.8 Å². The standard InChI is InChI=1S/C28H35NO7/c1-19(27(36-22(4)32)24-14-10-7-11-15-24)29(5)28(33)25(16-23-12-8-6-9-13-23)17-26(35-21(3)31)18-34-20(2)30/h6-15,19,25-27H,16-18H2,1-5H3/t19-,25-,26+,27+/m0/s1. The van der Waals surface area contributed by atoms with E-state index in [4.69, 9.17) is 14.2 Å². The highest BCUT2D eigenvalue weighted by atomic mass is 16.6. The maximum Gasteiger partial charge on any atom is 0.303 e. The van der Waals surface area contributed by atoms with Crippen molar-refractivity contribution in [3.8, 4) is 0 Å². The van der Waals surface area contributed by atoms with E-state index < -0.39 is 42.1 Å². The monoisotopic (exact) mass is 497 g/mol. The first-order valence-corrected chi connectivity index (χ1v) is 11.9. The van der Waals surface area contributed by atoms with Crippen molar-refractivity contribution in [3.63, 3.8) is 0 Å². The van der Waals surface area contributed by atoms with Crippen molar-refractivity contribution in [1.29, 1.82) is 0 Å². The van der Waals surface area contributed by atoms with Gasteiger partial charge in [0, 0.05) is 33.7 Å². The summed E-state index contributed by atoms with van der Waals surface area (Å²) in [6, 6.07) is 18.3. The van der Waals surface area contributed by atoms with Gasteiger partial charge in [-0.1, -0.05) is 60.7 Å². The fraction of sp³-hybridized carbons (Fsp3) is 0.429. The summed E-state index contributed by atoms with van der Waals surface area (Å²) in [5.74, 6) is -2.28. The molecule has 0 aliphatic carbocycles. The summed E-state index contributed by atoms with van der Waals surface area (Å²) in [7, 11) is 1.66. The Morgan fingerprint density at radius 3 is 1.89 bits per heavy atom. The Labute approximate surface area is 212 Å². The maximum atomic E-state index is 13.8. The molecule has 0 aliphatic heterocycles. The number of rotatable bonds is 12. The smallest absolute Gasteiger partial charge is 0.303 e. The second-order valence-electron chi connectivity index (χ2n) is 8.79. The van der Waals surface area contributed by atoms with Gasteiger partial charge in [-0.15, -0.1) is 0 Å². The van der Waals surface area contributed by atoms with Gasteiger partial charge in [-0.25, -0.2) is 0 Å². The quantitative estimate of drug-likeness (QED) is 0.324. The number of amides is 1. The first-order chi connectivity index (χ1) is 17.1. The van der Waals surface area contributed by atoms with Crippen molar-refractivity contribution in [2.45, 2.75) is 58.8 Å². The molecule has 2 aromatic carbocycles. The van der Waals surface area contributed by atoms with Crippen molar-refractivity contribution in [2.24, 2.45) is 5.92 Å². The number of hydrogen-bond donors (Lipinski definition) is 0. The van der Waals surface area contributed by atoms with Gasteiger partial charge in [0.15, 0.2) is 0 Å². The second kappa shape index (κ2) is 14.0. The van der Waals surface area contributed by atoms with Gasteiger partial charge in [0.05, 0.1) is 6.04 Å². The van der Waals surface area contributed by atoms with Crippen LogP contribution in [0, 0.1) is 5.92 Å². The molecule has 0 saturated heterocycles. The average molecular weight is 498 g/mol. The molecular weight excluding hydrogens is 462 g/mol. The average Bonchev–Trinajstić information content (AvgIpc) is 2.84. The Kier molecular flexibility index (Phi) is 11.1. The Hall–Kier alpha value is -3.68. The predicted molar refractivity (Wildman–Crippen MR) is 134 cm³/mol. The van der Waals surface area contributed by atoms with Crippen LogP contribution in [0.25, 0.3) is 0 Å². The van der Waals surface area contributed by atoms with Gasteiger partial charge in [0.2, 0.25) is 5.91 Å². The lowest BCUT2D eigenvalue weighted by Gasteiger charge is -2.34. The maximum absolute atomic E-state index is 13.8. The third-order valence-corrected chi connectivity index (χ3v) is 5.84. The number of esters is 3. The third kappa shape index (κ3) is 9.17. The summed E-state index contributed by atoms with van der Waals surface area (Å²) in [6.07, 6.45) is -0.911. The van der Waals surface area contributed by atoms with Gasteiger partial charge in [0.1, 0.15) is 18.8 Å². The van der Waals surface area contributed by atoms with Crippen LogP contribution >= 0.6 is 0 Å². The van der Waals surface area contributed by atoms with E-state index in [-0.39, 0.29) is 18.9 Å². The van der Waals surface area contributed by atoms with Crippen molar-refractivity contribution in [2.75, 3.05) is 13.7 Å². The number of hydrogen-bond acceptors (Lipinski definition) is 7. The van der Waals surface area contributed by atoms with Crippen LogP contribution in [0.15, 0.2) is 60.7 Å².